The van der Waals surface area contributed by atoms with E-state index in [9.17, 15) is 43.2 Å². The molecule has 542 valence electrons. The van der Waals surface area contributed by atoms with Gasteiger partial charge in [-0.2, -0.15) is 0 Å². The second-order valence-corrected chi connectivity index (χ2v) is 29.5. The second-order valence-electron chi connectivity index (χ2n) is 26.6. The molecule has 0 saturated carbocycles. The van der Waals surface area contributed by atoms with Crippen molar-refractivity contribution in [2.75, 3.05) is 39.6 Å². The molecule has 0 aromatic carbocycles. The first kappa shape index (κ1) is 89.5. The maximum absolute atomic E-state index is 13.0. The molecule has 0 spiro atoms. The van der Waals surface area contributed by atoms with Gasteiger partial charge in [0.15, 0.2) is 12.2 Å². The van der Waals surface area contributed by atoms with Crippen LogP contribution < -0.4 is 0 Å². The Hall–Kier alpha value is -2.46. The van der Waals surface area contributed by atoms with Crippen molar-refractivity contribution in [2.24, 2.45) is 11.8 Å². The minimum Gasteiger partial charge on any atom is -0.462 e. The molecule has 0 aromatic heterocycles. The number of carbonyl (C=O) groups is 4. The van der Waals surface area contributed by atoms with Gasteiger partial charge in [0.1, 0.15) is 19.3 Å². The van der Waals surface area contributed by atoms with Gasteiger partial charge in [-0.15, -0.1) is 0 Å². The van der Waals surface area contributed by atoms with Crippen molar-refractivity contribution >= 4 is 39.5 Å². The summed E-state index contributed by atoms with van der Waals surface area (Å²) in [4.78, 5) is 72.6. The average molecular weight is 1350 g/mol. The Labute approximate surface area is 561 Å². The van der Waals surface area contributed by atoms with E-state index in [2.05, 4.69) is 65.8 Å². The van der Waals surface area contributed by atoms with Crippen LogP contribution in [-0.4, -0.2) is 96.7 Å². The predicted molar refractivity (Wildman–Crippen MR) is 372 cm³/mol. The number of unbranched alkanes of at least 4 members (excludes halogenated alkanes) is 37. The lowest BCUT2D eigenvalue weighted by Gasteiger charge is -2.21. The van der Waals surface area contributed by atoms with Gasteiger partial charge < -0.3 is 33.8 Å². The molecule has 0 heterocycles. The highest BCUT2D eigenvalue weighted by Crippen LogP contribution is 2.45. The largest absolute Gasteiger partial charge is 0.472 e. The van der Waals surface area contributed by atoms with Crippen LogP contribution in [0.15, 0.2) is 24.3 Å². The monoisotopic (exact) mass is 1350 g/mol. The van der Waals surface area contributed by atoms with E-state index >= 15 is 0 Å². The van der Waals surface area contributed by atoms with E-state index in [-0.39, 0.29) is 25.7 Å². The molecule has 0 bridgehead atoms. The number of carbonyl (C=O) groups excluding carboxylic acids is 4. The number of allylic oxidation sites excluding steroid dienone is 4. The number of rotatable bonds is 70. The molecule has 3 N–H and O–H groups in total. The van der Waals surface area contributed by atoms with Gasteiger partial charge in [0, 0.05) is 25.7 Å². The third kappa shape index (κ3) is 66.2. The lowest BCUT2D eigenvalue weighted by Crippen LogP contribution is -2.30. The fourth-order valence-corrected chi connectivity index (χ4v) is 12.2. The number of ether oxygens (including phenoxy) is 4. The summed E-state index contributed by atoms with van der Waals surface area (Å²) in [6.07, 6.45) is 53.7. The highest BCUT2D eigenvalue weighted by molar-refractivity contribution is 7.47. The smallest absolute Gasteiger partial charge is 0.462 e. The minimum absolute atomic E-state index is 0.101. The third-order valence-corrected chi connectivity index (χ3v) is 18.2. The Kier molecular flexibility index (Phi) is 62.8. The molecular formula is C73H138O17P2. The maximum atomic E-state index is 13.0. The first-order valence-corrected chi connectivity index (χ1v) is 40.3. The number of phosphoric acid groups is 2. The topological polar surface area (TPSA) is 237 Å². The Morgan fingerprint density at radius 3 is 0.891 bits per heavy atom. The molecule has 0 amide bonds. The minimum atomic E-state index is -4.96. The van der Waals surface area contributed by atoms with E-state index in [1.54, 1.807) is 0 Å². The summed E-state index contributed by atoms with van der Waals surface area (Å²) in [5.41, 5.74) is 0. The van der Waals surface area contributed by atoms with Gasteiger partial charge in [0.2, 0.25) is 0 Å². The molecule has 92 heavy (non-hydrogen) atoms. The van der Waals surface area contributed by atoms with Crippen LogP contribution in [0.3, 0.4) is 0 Å². The fraction of sp³-hybridized carbons (Fsp3) is 0.890. The molecule has 0 fully saturated rings. The van der Waals surface area contributed by atoms with Crippen LogP contribution in [0.1, 0.15) is 350 Å². The number of hydrogen-bond donors (Lipinski definition) is 3. The lowest BCUT2D eigenvalue weighted by atomic mass is 10.0. The van der Waals surface area contributed by atoms with Gasteiger partial charge in [-0.1, -0.05) is 297 Å². The van der Waals surface area contributed by atoms with Crippen molar-refractivity contribution in [3.8, 4) is 0 Å². The summed E-state index contributed by atoms with van der Waals surface area (Å²) in [5, 5.41) is 10.6. The lowest BCUT2D eigenvalue weighted by molar-refractivity contribution is -0.161. The Morgan fingerprint density at radius 2 is 0.587 bits per heavy atom. The zero-order chi connectivity index (χ0) is 67.9. The van der Waals surface area contributed by atoms with Gasteiger partial charge in [-0.3, -0.25) is 37.3 Å². The normalized spacial score (nSPS) is 14.2. The third-order valence-electron chi connectivity index (χ3n) is 16.3. The van der Waals surface area contributed by atoms with Gasteiger partial charge >= 0.3 is 39.5 Å². The number of esters is 4. The summed E-state index contributed by atoms with van der Waals surface area (Å²) >= 11 is 0. The van der Waals surface area contributed by atoms with Crippen molar-refractivity contribution in [2.45, 2.75) is 368 Å². The Balaban J connectivity index is 5.28. The quantitative estimate of drug-likeness (QED) is 0.0169. The van der Waals surface area contributed by atoms with Crippen molar-refractivity contribution in [3.05, 3.63) is 24.3 Å². The summed E-state index contributed by atoms with van der Waals surface area (Å²) < 4.78 is 68.3. The molecule has 5 atom stereocenters. The molecule has 0 aliphatic rings. The van der Waals surface area contributed by atoms with Gasteiger partial charge in [-0.25, -0.2) is 9.13 Å². The summed E-state index contributed by atoms with van der Waals surface area (Å²) in [7, 11) is -9.92. The van der Waals surface area contributed by atoms with Crippen LogP contribution in [0.4, 0.5) is 0 Å². The van der Waals surface area contributed by atoms with Crippen molar-refractivity contribution in [1.29, 1.82) is 0 Å². The number of aliphatic hydroxyl groups is 1. The Morgan fingerprint density at radius 1 is 0.337 bits per heavy atom. The highest BCUT2D eigenvalue weighted by Gasteiger charge is 2.30. The van der Waals surface area contributed by atoms with E-state index in [4.69, 9.17) is 37.0 Å². The summed E-state index contributed by atoms with van der Waals surface area (Å²) in [6, 6.07) is 0. The molecule has 0 saturated heterocycles. The van der Waals surface area contributed by atoms with Crippen LogP contribution in [-0.2, 0) is 65.4 Å². The van der Waals surface area contributed by atoms with Gasteiger partial charge in [-0.05, 0) is 63.2 Å². The van der Waals surface area contributed by atoms with Crippen LogP contribution in [0.5, 0.6) is 0 Å². The van der Waals surface area contributed by atoms with E-state index in [1.807, 2.05) is 0 Å². The molecule has 0 radical (unpaired) electrons. The Bertz CT molecular complexity index is 1880. The molecule has 2 unspecified atom stereocenters. The zero-order valence-electron chi connectivity index (χ0n) is 59.3. The molecule has 0 aliphatic heterocycles. The highest BCUT2D eigenvalue weighted by atomic mass is 31.2. The zero-order valence-corrected chi connectivity index (χ0v) is 61.1. The van der Waals surface area contributed by atoms with E-state index in [0.717, 1.165) is 121 Å². The molecule has 0 aliphatic carbocycles. The molecule has 19 heteroatoms. The maximum Gasteiger partial charge on any atom is 0.472 e. The first-order valence-electron chi connectivity index (χ1n) is 37.3. The van der Waals surface area contributed by atoms with E-state index in [1.165, 1.54) is 141 Å². The van der Waals surface area contributed by atoms with Crippen LogP contribution >= 0.6 is 15.6 Å². The average Bonchev–Trinajstić information content (AvgIpc) is 3.68. The predicted octanol–water partition coefficient (Wildman–Crippen LogP) is 20.7. The van der Waals surface area contributed by atoms with Crippen LogP contribution in [0, 0.1) is 11.8 Å². The fourth-order valence-electron chi connectivity index (χ4n) is 10.6. The number of hydrogen-bond acceptors (Lipinski definition) is 15. The van der Waals surface area contributed by atoms with Crippen molar-refractivity contribution in [1.82, 2.24) is 0 Å². The molecule has 0 aromatic rings. The second kappa shape index (κ2) is 64.5. The standard InChI is InChI=1S/C73H138O17P2/c1-7-9-11-13-15-17-19-21-23-25-27-29-33-37-45-51-57-72(77)89-68(61-83-70(75)55-49-43-36-32-28-26-24-22-20-18-16-14-12-10-8-2)63-87-91(79,80)85-59-67(74)60-86-92(81,82)88-64-69(62-84-71(76)56-50-44-40-39-42-48-54-66(5)6)90-73(78)58-52-46-38-34-30-31-35-41-47-53-65(3)4/h18,20,22,24,65-69,74H,7-17,19,21,23,25-64H2,1-6H3,(H,79,80)(H,81,82)/b20-18-,24-22-/t67-,68-,69-/m1/s1. The van der Waals surface area contributed by atoms with Gasteiger partial charge in [0.05, 0.1) is 26.4 Å². The van der Waals surface area contributed by atoms with Crippen molar-refractivity contribution < 1.29 is 80.2 Å². The summed E-state index contributed by atoms with van der Waals surface area (Å²) in [6.45, 7) is 9.40. The van der Waals surface area contributed by atoms with Gasteiger partial charge in [0.25, 0.3) is 0 Å². The molecular weight excluding hydrogens is 1210 g/mol. The number of phosphoric ester groups is 2. The number of aliphatic hydroxyl groups excluding tert-OH is 1. The van der Waals surface area contributed by atoms with Crippen LogP contribution in [0.25, 0.3) is 0 Å². The SMILES string of the molecule is CCCCCC/C=C\C=C/CCCCCCCC(=O)OC[C@H](COP(=O)(O)OC[C@@H](O)COP(=O)(O)OC[C@@H](COC(=O)CCCCCCCCC(C)C)OC(=O)CCCCCCCCCCCC(C)C)OC(=O)CCCCCCCCCCCCCCCCCC. The summed E-state index contributed by atoms with van der Waals surface area (Å²) in [5.74, 6) is -0.740. The van der Waals surface area contributed by atoms with Crippen LogP contribution in [0.2, 0.25) is 0 Å². The van der Waals surface area contributed by atoms with Crippen molar-refractivity contribution in [3.63, 3.8) is 0 Å². The first-order chi connectivity index (χ1) is 44.4. The molecule has 17 nitrogen and oxygen atoms in total. The van der Waals surface area contributed by atoms with E-state index < -0.39 is 97.5 Å². The molecule has 0 rings (SSSR count). The van der Waals surface area contributed by atoms with E-state index in [0.29, 0.717) is 31.6 Å².